The topological polar surface area (TPSA) is 45.7 Å². The van der Waals surface area contributed by atoms with Crippen molar-refractivity contribution in [2.75, 3.05) is 39.3 Å². The molecule has 1 aromatic carbocycles. The number of benzene rings is 1. The van der Waals surface area contributed by atoms with Crippen LogP contribution in [0, 0.1) is 11.7 Å². The maximum absolute atomic E-state index is 14.0. The van der Waals surface area contributed by atoms with Gasteiger partial charge < -0.3 is 14.5 Å². The van der Waals surface area contributed by atoms with Gasteiger partial charge in [-0.2, -0.15) is 0 Å². The van der Waals surface area contributed by atoms with E-state index in [1.165, 1.54) is 6.07 Å². The van der Waals surface area contributed by atoms with E-state index in [4.69, 9.17) is 9.72 Å². The molecule has 3 heterocycles. The van der Waals surface area contributed by atoms with Gasteiger partial charge in [0.1, 0.15) is 11.9 Å². The Labute approximate surface area is 184 Å². The summed E-state index contributed by atoms with van der Waals surface area (Å²) in [5, 5.41) is 0. The largest absolute Gasteiger partial charge is 0.368 e. The van der Waals surface area contributed by atoms with Crippen molar-refractivity contribution in [1.29, 1.82) is 0 Å². The van der Waals surface area contributed by atoms with Crippen molar-refractivity contribution < 1.29 is 13.9 Å². The number of carbonyl (C=O) groups is 1. The number of carbonyl (C=O) groups excluding carboxylic acids is 1. The highest BCUT2D eigenvalue weighted by molar-refractivity contribution is 5.76. The summed E-state index contributed by atoms with van der Waals surface area (Å²) < 4.78 is 20.0. The maximum Gasteiger partial charge on any atom is 0.223 e. The zero-order chi connectivity index (χ0) is 21.6. The number of halogens is 1. The summed E-state index contributed by atoms with van der Waals surface area (Å²) in [5.74, 6) is 0.495. The number of aromatic nitrogens is 1. The molecular weight excluding hydrogens is 393 g/mol. The fourth-order valence-corrected chi connectivity index (χ4v) is 4.55. The predicted octanol–water partition coefficient (Wildman–Crippen LogP) is 3.83. The molecule has 0 saturated carbocycles. The van der Waals surface area contributed by atoms with E-state index in [1.54, 1.807) is 12.1 Å². The van der Waals surface area contributed by atoms with Crippen LogP contribution in [0.5, 0.6) is 0 Å². The van der Waals surface area contributed by atoms with Gasteiger partial charge in [0, 0.05) is 25.1 Å². The lowest BCUT2D eigenvalue weighted by Gasteiger charge is -2.35. The molecule has 4 rings (SSSR count). The SMILES string of the molecule is CCN1CCC(CC(=O)N2CCO[C@H](c3cccc(Cc4ccccc4F)n3)C2)CC1. The molecule has 2 fully saturated rings. The molecule has 0 bridgehead atoms. The smallest absolute Gasteiger partial charge is 0.223 e. The highest BCUT2D eigenvalue weighted by Crippen LogP contribution is 2.25. The Hall–Kier alpha value is -2.31. The van der Waals surface area contributed by atoms with E-state index in [-0.39, 0.29) is 17.8 Å². The second kappa shape index (κ2) is 10.3. The highest BCUT2D eigenvalue weighted by atomic mass is 19.1. The van der Waals surface area contributed by atoms with Gasteiger partial charge in [0.25, 0.3) is 0 Å². The van der Waals surface area contributed by atoms with Crippen molar-refractivity contribution in [3.8, 4) is 0 Å². The summed E-state index contributed by atoms with van der Waals surface area (Å²) in [4.78, 5) is 22.0. The average Bonchev–Trinajstić information content (AvgIpc) is 2.81. The first-order valence-electron chi connectivity index (χ1n) is 11.4. The van der Waals surface area contributed by atoms with E-state index in [2.05, 4.69) is 11.8 Å². The molecule has 2 aliphatic heterocycles. The van der Waals surface area contributed by atoms with E-state index < -0.39 is 0 Å². The van der Waals surface area contributed by atoms with Gasteiger partial charge in [0.2, 0.25) is 5.91 Å². The standard InChI is InChI=1S/C25H32FN3O2/c1-2-28-12-10-19(11-13-28)16-25(30)29-14-15-31-24(18-29)23-9-5-7-21(27-23)17-20-6-3-4-8-22(20)26/h3-9,19,24H,2,10-18H2,1H3/t24-/m0/s1. The van der Waals surface area contributed by atoms with Crippen LogP contribution in [0.15, 0.2) is 42.5 Å². The lowest BCUT2D eigenvalue weighted by atomic mass is 9.93. The lowest BCUT2D eigenvalue weighted by molar-refractivity contribution is -0.140. The first kappa shape index (κ1) is 21.9. The first-order chi connectivity index (χ1) is 15.1. The van der Waals surface area contributed by atoms with E-state index in [1.807, 2.05) is 29.2 Å². The Bertz CT molecular complexity index is 883. The van der Waals surface area contributed by atoms with E-state index >= 15 is 0 Å². The Morgan fingerprint density at radius 3 is 2.71 bits per heavy atom. The monoisotopic (exact) mass is 425 g/mol. The number of pyridine rings is 1. The molecule has 1 atom stereocenters. The van der Waals surface area contributed by atoms with Crippen molar-refractivity contribution in [2.24, 2.45) is 5.92 Å². The maximum atomic E-state index is 14.0. The number of hydrogen-bond acceptors (Lipinski definition) is 4. The lowest BCUT2D eigenvalue weighted by Crippen LogP contribution is -2.44. The second-order valence-electron chi connectivity index (χ2n) is 8.60. The Kier molecular flexibility index (Phi) is 7.30. The number of piperidine rings is 1. The van der Waals surface area contributed by atoms with Gasteiger partial charge >= 0.3 is 0 Å². The van der Waals surface area contributed by atoms with Crippen LogP contribution < -0.4 is 0 Å². The molecule has 2 saturated heterocycles. The van der Waals surface area contributed by atoms with Crippen LogP contribution in [0.25, 0.3) is 0 Å². The van der Waals surface area contributed by atoms with Gasteiger partial charge in [0.05, 0.1) is 18.8 Å². The average molecular weight is 426 g/mol. The zero-order valence-electron chi connectivity index (χ0n) is 18.3. The molecule has 2 aromatic rings. The summed E-state index contributed by atoms with van der Waals surface area (Å²) in [6.07, 6.45) is 3.04. The molecule has 166 valence electrons. The molecule has 1 aromatic heterocycles. The van der Waals surface area contributed by atoms with Crippen molar-refractivity contribution in [3.63, 3.8) is 0 Å². The van der Waals surface area contributed by atoms with E-state index in [9.17, 15) is 9.18 Å². The van der Waals surface area contributed by atoms with Crippen molar-refractivity contribution >= 4 is 5.91 Å². The van der Waals surface area contributed by atoms with Gasteiger partial charge in [-0.15, -0.1) is 0 Å². The summed E-state index contributed by atoms with van der Waals surface area (Å²) in [7, 11) is 0. The second-order valence-corrected chi connectivity index (χ2v) is 8.60. The van der Waals surface area contributed by atoms with Gasteiger partial charge in [-0.05, 0) is 62.2 Å². The predicted molar refractivity (Wildman–Crippen MR) is 118 cm³/mol. The van der Waals surface area contributed by atoms with Gasteiger partial charge in [0.15, 0.2) is 0 Å². The molecular formula is C25H32FN3O2. The summed E-state index contributed by atoms with van der Waals surface area (Å²) in [6.45, 7) is 7.16. The minimum Gasteiger partial charge on any atom is -0.368 e. The Morgan fingerprint density at radius 2 is 1.94 bits per heavy atom. The molecule has 0 N–H and O–H groups in total. The third kappa shape index (κ3) is 5.69. The van der Waals surface area contributed by atoms with Crippen LogP contribution in [0.1, 0.15) is 49.2 Å². The van der Waals surface area contributed by atoms with Crippen LogP contribution in [0.3, 0.4) is 0 Å². The number of likely N-dealkylation sites (tertiary alicyclic amines) is 1. The van der Waals surface area contributed by atoms with Crippen LogP contribution in [0.2, 0.25) is 0 Å². The molecule has 0 aliphatic carbocycles. The van der Waals surface area contributed by atoms with E-state index in [0.717, 1.165) is 43.9 Å². The van der Waals surface area contributed by atoms with E-state index in [0.29, 0.717) is 44.0 Å². The highest BCUT2D eigenvalue weighted by Gasteiger charge is 2.29. The molecule has 0 unspecified atom stereocenters. The molecule has 5 nitrogen and oxygen atoms in total. The van der Waals surface area contributed by atoms with Crippen LogP contribution >= 0.6 is 0 Å². The Balaban J connectivity index is 1.36. The molecule has 31 heavy (non-hydrogen) atoms. The van der Waals surface area contributed by atoms with Crippen molar-refractivity contribution in [2.45, 2.75) is 38.7 Å². The van der Waals surface area contributed by atoms with Crippen LogP contribution in [-0.2, 0) is 16.0 Å². The summed E-state index contributed by atoms with van der Waals surface area (Å²) >= 11 is 0. The fraction of sp³-hybridized carbons (Fsp3) is 0.520. The molecule has 0 spiro atoms. The molecule has 0 radical (unpaired) electrons. The number of hydrogen-bond donors (Lipinski definition) is 0. The zero-order valence-corrected chi connectivity index (χ0v) is 18.3. The molecule has 6 heteroatoms. The minimum atomic E-state index is -0.236. The fourth-order valence-electron chi connectivity index (χ4n) is 4.55. The van der Waals surface area contributed by atoms with Gasteiger partial charge in [-0.3, -0.25) is 9.78 Å². The summed E-state index contributed by atoms with van der Waals surface area (Å²) in [5.41, 5.74) is 2.24. The number of amides is 1. The first-order valence-corrected chi connectivity index (χ1v) is 11.4. The third-order valence-electron chi connectivity index (χ3n) is 6.52. The van der Waals surface area contributed by atoms with Crippen LogP contribution in [-0.4, -0.2) is 60.0 Å². The van der Waals surface area contributed by atoms with Crippen LogP contribution in [0.4, 0.5) is 4.39 Å². The number of morpholine rings is 1. The summed E-state index contributed by atoms with van der Waals surface area (Å²) in [6, 6.07) is 12.6. The molecule has 1 amide bonds. The van der Waals surface area contributed by atoms with Gasteiger partial charge in [-0.25, -0.2) is 4.39 Å². The quantitative estimate of drug-likeness (QED) is 0.706. The Morgan fingerprint density at radius 1 is 1.13 bits per heavy atom. The van der Waals surface area contributed by atoms with Crippen molar-refractivity contribution in [3.05, 3.63) is 65.2 Å². The van der Waals surface area contributed by atoms with Gasteiger partial charge in [-0.1, -0.05) is 31.2 Å². The normalized spacial score (nSPS) is 20.7. The van der Waals surface area contributed by atoms with Crippen molar-refractivity contribution in [1.82, 2.24) is 14.8 Å². The number of ether oxygens (including phenoxy) is 1. The number of nitrogens with zero attached hydrogens (tertiary/aromatic N) is 3. The molecule has 2 aliphatic rings. The minimum absolute atomic E-state index is 0.217. The number of rotatable bonds is 6. The third-order valence-corrected chi connectivity index (χ3v) is 6.52.